The van der Waals surface area contributed by atoms with Crippen LogP contribution in [0.4, 0.5) is 0 Å². The first kappa shape index (κ1) is 16.5. The smallest absolute Gasteiger partial charge is 0.306 e. The molecule has 1 aliphatic carbocycles. The summed E-state index contributed by atoms with van der Waals surface area (Å²) in [5.41, 5.74) is 1.37. The van der Waals surface area contributed by atoms with E-state index in [9.17, 15) is 9.59 Å². The minimum Gasteiger partial charge on any atom is -0.481 e. The third-order valence-electron chi connectivity index (χ3n) is 4.34. The predicted molar refractivity (Wildman–Crippen MR) is 90.8 cm³/mol. The van der Waals surface area contributed by atoms with Gasteiger partial charge in [-0.1, -0.05) is 17.7 Å². The van der Waals surface area contributed by atoms with E-state index in [4.69, 9.17) is 16.7 Å². The van der Waals surface area contributed by atoms with Crippen molar-refractivity contribution in [3.63, 3.8) is 0 Å². The fraction of sp³-hybridized carbons (Fsp3) is 0.353. The summed E-state index contributed by atoms with van der Waals surface area (Å²) in [4.78, 5) is 27.2. The molecule has 1 aliphatic rings. The average molecular weight is 348 g/mol. The number of pyridine rings is 1. The third kappa shape index (κ3) is 3.59. The molecule has 0 spiro atoms. The Hall–Kier alpha value is -2.34. The van der Waals surface area contributed by atoms with Crippen LogP contribution in [0, 0.1) is 5.92 Å². The number of imidazole rings is 1. The standard InChI is InChI=1S/C17H18ClN3O3/c18-16-13(21-10-2-1-3-14(21)20-16)8-9-15(22)19-12-6-4-11(5-7-12)17(23)24/h1-3,8-12H,4-7H2,(H,19,22)(H,23,24)/b9-8+. The van der Waals surface area contributed by atoms with E-state index in [0.717, 1.165) is 5.65 Å². The molecule has 0 aliphatic heterocycles. The van der Waals surface area contributed by atoms with Crippen molar-refractivity contribution in [1.82, 2.24) is 14.7 Å². The van der Waals surface area contributed by atoms with Crippen LogP contribution < -0.4 is 5.32 Å². The Morgan fingerprint density at radius 1 is 1.29 bits per heavy atom. The maximum absolute atomic E-state index is 12.1. The summed E-state index contributed by atoms with van der Waals surface area (Å²) in [6.07, 6.45) is 7.48. The van der Waals surface area contributed by atoms with Gasteiger partial charge >= 0.3 is 5.97 Å². The number of aromatic nitrogens is 2. The zero-order chi connectivity index (χ0) is 17.1. The number of rotatable bonds is 4. The largest absolute Gasteiger partial charge is 0.481 e. The van der Waals surface area contributed by atoms with Crippen molar-refractivity contribution >= 4 is 35.2 Å². The molecule has 1 amide bonds. The summed E-state index contributed by atoms with van der Waals surface area (Å²) in [5, 5.41) is 12.2. The molecule has 7 heteroatoms. The van der Waals surface area contributed by atoms with Gasteiger partial charge in [-0.3, -0.25) is 14.0 Å². The average Bonchev–Trinajstić information content (AvgIpc) is 2.88. The van der Waals surface area contributed by atoms with Crippen molar-refractivity contribution in [3.8, 4) is 0 Å². The first-order valence-electron chi connectivity index (χ1n) is 7.88. The lowest BCUT2D eigenvalue weighted by Gasteiger charge is -2.26. The number of halogens is 1. The Labute approximate surface area is 144 Å². The number of nitrogens with zero attached hydrogens (tertiary/aromatic N) is 2. The van der Waals surface area contributed by atoms with Crippen LogP contribution in [-0.2, 0) is 9.59 Å². The zero-order valence-corrected chi connectivity index (χ0v) is 13.7. The number of aliphatic carboxylic acids is 1. The number of nitrogens with one attached hydrogen (secondary N) is 1. The summed E-state index contributed by atoms with van der Waals surface area (Å²) in [6, 6.07) is 5.59. The summed E-state index contributed by atoms with van der Waals surface area (Å²) < 4.78 is 1.81. The second-order valence-corrected chi connectivity index (χ2v) is 6.30. The van der Waals surface area contributed by atoms with Gasteiger partial charge in [0.05, 0.1) is 11.6 Å². The molecule has 2 aromatic rings. The number of carboxylic acids is 1. The molecular weight excluding hydrogens is 330 g/mol. The van der Waals surface area contributed by atoms with E-state index in [-0.39, 0.29) is 17.9 Å². The molecule has 0 bridgehead atoms. The van der Waals surface area contributed by atoms with Gasteiger partial charge in [-0.2, -0.15) is 0 Å². The van der Waals surface area contributed by atoms with E-state index < -0.39 is 5.97 Å². The molecule has 0 unspecified atom stereocenters. The topological polar surface area (TPSA) is 83.7 Å². The van der Waals surface area contributed by atoms with Gasteiger partial charge in [-0.15, -0.1) is 0 Å². The van der Waals surface area contributed by atoms with Crippen LogP contribution in [0.1, 0.15) is 31.4 Å². The Morgan fingerprint density at radius 3 is 2.75 bits per heavy atom. The highest BCUT2D eigenvalue weighted by molar-refractivity contribution is 6.31. The molecule has 0 aromatic carbocycles. The highest BCUT2D eigenvalue weighted by atomic mass is 35.5. The third-order valence-corrected chi connectivity index (χ3v) is 4.62. The minimum absolute atomic E-state index is 0.0235. The van der Waals surface area contributed by atoms with E-state index in [2.05, 4.69) is 10.3 Å². The van der Waals surface area contributed by atoms with Crippen LogP contribution in [0.5, 0.6) is 0 Å². The fourth-order valence-electron chi connectivity index (χ4n) is 3.02. The van der Waals surface area contributed by atoms with Gasteiger partial charge in [-0.25, -0.2) is 4.98 Å². The molecule has 0 radical (unpaired) electrons. The predicted octanol–water partition coefficient (Wildman–Crippen LogP) is 2.76. The number of hydrogen-bond acceptors (Lipinski definition) is 3. The van der Waals surface area contributed by atoms with E-state index in [1.165, 1.54) is 6.08 Å². The Kier molecular flexibility index (Phi) is 4.85. The molecular formula is C17H18ClN3O3. The van der Waals surface area contributed by atoms with Gasteiger partial charge in [0.1, 0.15) is 5.65 Å². The number of carbonyl (C=O) groups excluding carboxylic acids is 1. The first-order chi connectivity index (χ1) is 11.5. The lowest BCUT2D eigenvalue weighted by atomic mass is 9.86. The van der Waals surface area contributed by atoms with E-state index in [0.29, 0.717) is 36.5 Å². The molecule has 0 atom stereocenters. The van der Waals surface area contributed by atoms with Crippen LogP contribution in [0.25, 0.3) is 11.7 Å². The molecule has 2 N–H and O–H groups in total. The number of fused-ring (bicyclic) bond motifs is 1. The van der Waals surface area contributed by atoms with Crippen LogP contribution in [0.3, 0.4) is 0 Å². The number of carboxylic acid groups (broad SMARTS) is 1. The van der Waals surface area contributed by atoms with Gasteiger partial charge in [-0.05, 0) is 43.9 Å². The van der Waals surface area contributed by atoms with E-state index in [1.807, 2.05) is 28.8 Å². The summed E-state index contributed by atoms with van der Waals surface area (Å²) in [7, 11) is 0. The van der Waals surface area contributed by atoms with Crippen LogP contribution in [0.2, 0.25) is 5.15 Å². The minimum atomic E-state index is -0.748. The second kappa shape index (κ2) is 7.05. The summed E-state index contributed by atoms with van der Waals surface area (Å²) >= 11 is 6.12. The van der Waals surface area contributed by atoms with Gasteiger partial charge in [0.15, 0.2) is 5.15 Å². The molecule has 126 valence electrons. The highest BCUT2D eigenvalue weighted by Crippen LogP contribution is 2.24. The SMILES string of the molecule is O=C(/C=C/c1c(Cl)nc2ccccn12)NC1CCC(C(=O)O)CC1. The molecule has 24 heavy (non-hydrogen) atoms. The van der Waals surface area contributed by atoms with Gasteiger partial charge in [0.25, 0.3) is 0 Å². The maximum Gasteiger partial charge on any atom is 0.306 e. The molecule has 2 aromatic heterocycles. The lowest BCUT2D eigenvalue weighted by molar-refractivity contribution is -0.142. The first-order valence-corrected chi connectivity index (χ1v) is 8.26. The Morgan fingerprint density at radius 2 is 2.04 bits per heavy atom. The highest BCUT2D eigenvalue weighted by Gasteiger charge is 2.26. The van der Waals surface area contributed by atoms with Crippen molar-refractivity contribution in [2.75, 3.05) is 0 Å². The van der Waals surface area contributed by atoms with Crippen LogP contribution >= 0.6 is 11.6 Å². The van der Waals surface area contributed by atoms with Gasteiger partial charge < -0.3 is 10.4 Å². The van der Waals surface area contributed by atoms with Crippen LogP contribution in [-0.4, -0.2) is 32.4 Å². The van der Waals surface area contributed by atoms with E-state index in [1.54, 1.807) is 6.08 Å². The van der Waals surface area contributed by atoms with E-state index >= 15 is 0 Å². The lowest BCUT2D eigenvalue weighted by Crippen LogP contribution is -2.37. The number of carbonyl (C=O) groups is 2. The molecule has 0 saturated heterocycles. The second-order valence-electron chi connectivity index (χ2n) is 5.95. The molecule has 6 nitrogen and oxygen atoms in total. The number of amides is 1. The van der Waals surface area contributed by atoms with Crippen molar-refractivity contribution in [1.29, 1.82) is 0 Å². The summed E-state index contributed by atoms with van der Waals surface area (Å²) in [5.74, 6) is -1.25. The molecule has 3 rings (SSSR count). The number of hydrogen-bond donors (Lipinski definition) is 2. The maximum atomic E-state index is 12.1. The molecule has 2 heterocycles. The monoisotopic (exact) mass is 347 g/mol. The van der Waals surface area contributed by atoms with Crippen molar-refractivity contribution < 1.29 is 14.7 Å². The van der Waals surface area contributed by atoms with Crippen molar-refractivity contribution in [2.24, 2.45) is 5.92 Å². The quantitative estimate of drug-likeness (QED) is 0.833. The van der Waals surface area contributed by atoms with Crippen LogP contribution in [0.15, 0.2) is 30.5 Å². The van der Waals surface area contributed by atoms with Gasteiger partial charge in [0.2, 0.25) is 5.91 Å². The normalized spacial score (nSPS) is 21.2. The Balaban J connectivity index is 1.61. The van der Waals surface area contributed by atoms with Gasteiger partial charge in [0, 0.05) is 18.3 Å². The Bertz CT molecular complexity index is 791. The zero-order valence-electron chi connectivity index (χ0n) is 13.0. The summed E-state index contributed by atoms with van der Waals surface area (Å²) in [6.45, 7) is 0. The molecule has 1 fully saturated rings. The molecule has 1 saturated carbocycles. The van der Waals surface area contributed by atoms with Crippen molar-refractivity contribution in [2.45, 2.75) is 31.7 Å². The fourth-order valence-corrected chi connectivity index (χ4v) is 3.26. The van der Waals surface area contributed by atoms with Crippen molar-refractivity contribution in [3.05, 3.63) is 41.3 Å².